The van der Waals surface area contributed by atoms with Crippen molar-refractivity contribution in [3.8, 4) is 11.1 Å². The molecule has 2 aromatic heterocycles. The Morgan fingerprint density at radius 2 is 1.85 bits per heavy atom. The molecule has 0 saturated heterocycles. The number of hydrogen-bond acceptors (Lipinski definition) is 4. The molecule has 0 saturated carbocycles. The van der Waals surface area contributed by atoms with Crippen LogP contribution in [-0.2, 0) is 5.75 Å². The normalized spacial score (nSPS) is 11.2. The van der Waals surface area contributed by atoms with E-state index in [0.717, 1.165) is 22.6 Å². The highest BCUT2D eigenvalue weighted by atomic mass is 32.2. The maximum Gasteiger partial charge on any atom is 0.350 e. The molecule has 0 amide bonds. The summed E-state index contributed by atoms with van der Waals surface area (Å²) in [6.45, 7) is 6.09. The number of aromatic amines is 1. The van der Waals surface area contributed by atoms with E-state index in [1.54, 1.807) is 0 Å². The van der Waals surface area contributed by atoms with Crippen LogP contribution in [0.4, 0.5) is 0 Å². The molecule has 4 aromatic rings. The molecule has 2 heterocycles. The van der Waals surface area contributed by atoms with E-state index >= 15 is 0 Å². The van der Waals surface area contributed by atoms with Crippen LogP contribution in [0.3, 0.4) is 0 Å². The number of fused-ring (bicyclic) bond motifs is 1. The highest BCUT2D eigenvalue weighted by Crippen LogP contribution is 2.28. The van der Waals surface area contributed by atoms with Crippen molar-refractivity contribution in [2.24, 2.45) is 0 Å². The van der Waals surface area contributed by atoms with Gasteiger partial charge in [-0.1, -0.05) is 65.9 Å². The van der Waals surface area contributed by atoms with Crippen LogP contribution in [0.25, 0.3) is 16.8 Å². The van der Waals surface area contributed by atoms with E-state index < -0.39 is 0 Å². The molecule has 0 spiro atoms. The Hall–Kier alpha value is -2.86. The van der Waals surface area contributed by atoms with E-state index in [1.807, 2.05) is 37.3 Å². The van der Waals surface area contributed by atoms with Gasteiger partial charge in [0.2, 0.25) is 0 Å². The number of benzene rings is 2. The van der Waals surface area contributed by atoms with Crippen molar-refractivity contribution in [3.05, 3.63) is 81.4 Å². The van der Waals surface area contributed by atoms with E-state index in [9.17, 15) is 4.79 Å². The maximum atomic E-state index is 12.5. The Morgan fingerprint density at radius 3 is 2.63 bits per heavy atom. The number of aryl methyl sites for hydroxylation is 3. The molecular weight excluding hydrogens is 356 g/mol. The average Bonchev–Trinajstić information content (AvgIpc) is 3.00. The lowest BCUT2D eigenvalue weighted by molar-refractivity contribution is 0.779. The van der Waals surface area contributed by atoms with Crippen LogP contribution in [0.15, 0.2) is 58.5 Å². The lowest BCUT2D eigenvalue weighted by atomic mass is 10.1. The minimum Gasteiger partial charge on any atom is -0.285 e. The topological polar surface area (TPSA) is 63.1 Å². The van der Waals surface area contributed by atoms with Crippen LogP contribution in [0.1, 0.15) is 22.4 Å². The SMILES string of the molecule is Cc1ccc(C)c(CSc2nc3c(-c4ccccc4)c(C)nn3c(=O)[nH]2)c1. The molecule has 1 N–H and O–H groups in total. The Kier molecular flexibility index (Phi) is 4.58. The fraction of sp³-hybridized carbons (Fsp3) is 0.190. The molecule has 4 rings (SSSR count). The monoisotopic (exact) mass is 376 g/mol. The number of nitrogens with one attached hydrogen (secondary N) is 1. The molecule has 27 heavy (non-hydrogen) atoms. The van der Waals surface area contributed by atoms with Crippen LogP contribution in [-0.4, -0.2) is 19.6 Å². The zero-order chi connectivity index (χ0) is 19.0. The Balaban J connectivity index is 1.75. The second-order valence-corrected chi connectivity index (χ2v) is 7.59. The van der Waals surface area contributed by atoms with Crippen LogP contribution < -0.4 is 5.69 Å². The molecule has 0 radical (unpaired) electrons. The first-order chi connectivity index (χ1) is 13.0. The summed E-state index contributed by atoms with van der Waals surface area (Å²) < 4.78 is 1.35. The van der Waals surface area contributed by atoms with Crippen LogP contribution in [0, 0.1) is 20.8 Å². The zero-order valence-corrected chi connectivity index (χ0v) is 16.3. The number of H-pyrrole nitrogens is 1. The van der Waals surface area contributed by atoms with Crippen molar-refractivity contribution in [2.45, 2.75) is 31.7 Å². The summed E-state index contributed by atoms with van der Waals surface area (Å²) in [4.78, 5) is 20.1. The summed E-state index contributed by atoms with van der Waals surface area (Å²) in [5.41, 5.74) is 6.72. The molecule has 0 aliphatic carbocycles. The van der Waals surface area contributed by atoms with Gasteiger partial charge in [0, 0.05) is 11.3 Å². The summed E-state index contributed by atoms with van der Waals surface area (Å²) in [5, 5.41) is 4.98. The largest absolute Gasteiger partial charge is 0.350 e. The van der Waals surface area contributed by atoms with Crippen molar-refractivity contribution < 1.29 is 0 Å². The first kappa shape index (κ1) is 17.5. The molecule has 5 nitrogen and oxygen atoms in total. The predicted molar refractivity (Wildman–Crippen MR) is 109 cm³/mol. The molecule has 0 aliphatic rings. The minimum absolute atomic E-state index is 0.270. The highest BCUT2D eigenvalue weighted by Gasteiger charge is 2.16. The lowest BCUT2D eigenvalue weighted by Gasteiger charge is -2.07. The van der Waals surface area contributed by atoms with Crippen molar-refractivity contribution in [2.75, 3.05) is 0 Å². The lowest BCUT2D eigenvalue weighted by Crippen LogP contribution is -2.19. The summed E-state index contributed by atoms with van der Waals surface area (Å²) >= 11 is 1.53. The van der Waals surface area contributed by atoms with Gasteiger partial charge in [-0.15, -0.1) is 0 Å². The van der Waals surface area contributed by atoms with Gasteiger partial charge in [-0.05, 0) is 37.5 Å². The molecule has 136 valence electrons. The third-order valence-electron chi connectivity index (χ3n) is 4.58. The van der Waals surface area contributed by atoms with E-state index in [0.29, 0.717) is 10.8 Å². The van der Waals surface area contributed by atoms with Gasteiger partial charge in [-0.3, -0.25) is 4.98 Å². The summed E-state index contributed by atoms with van der Waals surface area (Å²) in [6.07, 6.45) is 0. The molecule has 0 atom stereocenters. The third kappa shape index (κ3) is 3.40. The second-order valence-electron chi connectivity index (χ2n) is 6.63. The zero-order valence-electron chi connectivity index (χ0n) is 15.5. The van der Waals surface area contributed by atoms with Gasteiger partial charge in [0.05, 0.1) is 5.69 Å². The quantitative estimate of drug-likeness (QED) is 0.539. The van der Waals surface area contributed by atoms with Crippen molar-refractivity contribution in [1.82, 2.24) is 19.6 Å². The number of rotatable bonds is 4. The number of hydrogen-bond donors (Lipinski definition) is 1. The standard InChI is InChI=1S/C21H20N4OS/c1-13-9-10-14(2)17(11-13)12-27-20-22-19-18(16-7-5-4-6-8-16)15(3)24-25(19)21(26)23-20/h4-11H,12H2,1-3H3,(H,22,23,26). The van der Waals surface area contributed by atoms with Gasteiger partial charge < -0.3 is 0 Å². The van der Waals surface area contributed by atoms with Gasteiger partial charge in [-0.25, -0.2) is 9.78 Å². The van der Waals surface area contributed by atoms with Gasteiger partial charge in [0.1, 0.15) is 0 Å². The Bertz CT molecular complexity index is 1180. The van der Waals surface area contributed by atoms with Crippen LogP contribution in [0.5, 0.6) is 0 Å². The second kappa shape index (κ2) is 7.04. The van der Waals surface area contributed by atoms with Crippen LogP contribution >= 0.6 is 11.8 Å². The minimum atomic E-state index is -0.270. The smallest absolute Gasteiger partial charge is 0.285 e. The molecule has 0 fully saturated rings. The molecule has 0 bridgehead atoms. The molecule has 0 unspecified atom stereocenters. The van der Waals surface area contributed by atoms with Crippen molar-refractivity contribution in [3.63, 3.8) is 0 Å². The number of aromatic nitrogens is 4. The summed E-state index contributed by atoms with van der Waals surface area (Å²) in [6, 6.07) is 16.3. The Labute approximate surface area is 161 Å². The summed E-state index contributed by atoms with van der Waals surface area (Å²) in [7, 11) is 0. The fourth-order valence-corrected chi connectivity index (χ4v) is 4.06. The van der Waals surface area contributed by atoms with Gasteiger partial charge in [-0.2, -0.15) is 9.61 Å². The predicted octanol–water partition coefficient (Wildman–Crippen LogP) is 4.30. The molecule has 0 aliphatic heterocycles. The maximum absolute atomic E-state index is 12.5. The van der Waals surface area contributed by atoms with Gasteiger partial charge in [0.25, 0.3) is 0 Å². The first-order valence-electron chi connectivity index (χ1n) is 8.77. The van der Waals surface area contributed by atoms with E-state index in [-0.39, 0.29) is 5.69 Å². The number of thioether (sulfide) groups is 1. The summed E-state index contributed by atoms with van der Waals surface area (Å²) in [5.74, 6) is 0.750. The van der Waals surface area contributed by atoms with Crippen molar-refractivity contribution >= 4 is 17.4 Å². The van der Waals surface area contributed by atoms with Crippen molar-refractivity contribution in [1.29, 1.82) is 0 Å². The number of nitrogens with zero attached hydrogens (tertiary/aromatic N) is 3. The first-order valence-corrected chi connectivity index (χ1v) is 9.75. The average molecular weight is 376 g/mol. The van der Waals surface area contributed by atoms with E-state index in [1.165, 1.54) is 33.0 Å². The Morgan fingerprint density at radius 1 is 1.07 bits per heavy atom. The van der Waals surface area contributed by atoms with E-state index in [2.05, 4.69) is 42.1 Å². The van der Waals surface area contributed by atoms with Gasteiger partial charge >= 0.3 is 5.69 Å². The third-order valence-corrected chi connectivity index (χ3v) is 5.50. The molecule has 2 aromatic carbocycles. The molecular formula is C21H20N4OS. The fourth-order valence-electron chi connectivity index (χ4n) is 3.14. The van der Waals surface area contributed by atoms with Crippen LogP contribution in [0.2, 0.25) is 0 Å². The molecule has 6 heteroatoms. The van der Waals surface area contributed by atoms with E-state index in [4.69, 9.17) is 4.98 Å². The van der Waals surface area contributed by atoms with Gasteiger partial charge in [0.15, 0.2) is 10.8 Å². The highest BCUT2D eigenvalue weighted by molar-refractivity contribution is 7.98.